The maximum atomic E-state index is 6.49. The molecule has 0 saturated carbocycles. The second-order valence-corrected chi connectivity index (χ2v) is 13.0. The van der Waals surface area contributed by atoms with Crippen molar-refractivity contribution in [2.45, 2.75) is 66.2 Å². The first-order valence-electron chi connectivity index (χ1n) is 16.6. The zero-order valence-electron chi connectivity index (χ0n) is 28.4. The van der Waals surface area contributed by atoms with Gasteiger partial charge in [-0.2, -0.15) is 17.2 Å². The fraction of sp³-hybridized carbons (Fsp3) is 0.238. The zero-order chi connectivity index (χ0) is 32.7. The average Bonchev–Trinajstić information content (AvgIpc) is 3.63. The average molecular weight is 812 g/mol. The summed E-state index contributed by atoms with van der Waals surface area (Å²) < 4.78 is 10.7. The predicted octanol–water partition coefficient (Wildman–Crippen LogP) is 10.4. The number of aromatic nitrogens is 4. The molecule has 0 aliphatic heterocycles. The van der Waals surface area contributed by atoms with Crippen molar-refractivity contribution in [1.29, 1.82) is 0 Å². The van der Waals surface area contributed by atoms with Crippen LogP contribution in [0.2, 0.25) is 0 Å². The minimum absolute atomic E-state index is 0. The van der Waals surface area contributed by atoms with Crippen LogP contribution in [-0.2, 0) is 45.7 Å². The van der Waals surface area contributed by atoms with Gasteiger partial charge in [-0.3, -0.25) is 4.68 Å². The van der Waals surface area contributed by atoms with E-state index in [9.17, 15) is 0 Å². The van der Waals surface area contributed by atoms with Gasteiger partial charge in [-0.25, -0.2) is 4.98 Å². The molecule has 4 aromatic carbocycles. The third-order valence-electron chi connectivity index (χ3n) is 8.95. The molecule has 244 valence electrons. The molecule has 0 unspecified atom stereocenters. The summed E-state index contributed by atoms with van der Waals surface area (Å²) in [5.41, 5.74) is 10.0. The molecule has 0 fully saturated rings. The SMILES string of the molecule is CCc1ccc2c(c1)c1ccc(Oc3[c-]c(-n4nc(CC)c(-c5ccccc5)c4CC)ccc3)[c-]c1n2-c1cc(C(C)(C)C)ccn1.[Pt+2]. The first kappa shape index (κ1) is 33.4. The van der Waals surface area contributed by atoms with Crippen LogP contribution in [0.3, 0.4) is 0 Å². The van der Waals surface area contributed by atoms with Gasteiger partial charge in [0.15, 0.2) is 0 Å². The van der Waals surface area contributed by atoms with Gasteiger partial charge in [0.25, 0.3) is 0 Å². The Morgan fingerprint density at radius 2 is 1.54 bits per heavy atom. The molecule has 0 saturated heterocycles. The number of pyridine rings is 1. The molecule has 48 heavy (non-hydrogen) atoms. The smallest absolute Gasteiger partial charge is 0.509 e. The van der Waals surface area contributed by atoms with E-state index in [4.69, 9.17) is 14.8 Å². The largest absolute Gasteiger partial charge is 2.00 e. The van der Waals surface area contributed by atoms with Gasteiger partial charge in [0.1, 0.15) is 5.82 Å². The van der Waals surface area contributed by atoms with Gasteiger partial charge < -0.3 is 9.30 Å². The Labute approximate surface area is 297 Å². The van der Waals surface area contributed by atoms with Crippen molar-refractivity contribution in [3.05, 3.63) is 132 Å². The number of rotatable bonds is 8. The molecule has 7 rings (SSSR count). The summed E-state index contributed by atoms with van der Waals surface area (Å²) >= 11 is 0. The number of ether oxygens (including phenoxy) is 1. The van der Waals surface area contributed by atoms with E-state index < -0.39 is 0 Å². The van der Waals surface area contributed by atoms with Crippen molar-refractivity contribution >= 4 is 21.8 Å². The van der Waals surface area contributed by atoms with E-state index in [1.54, 1.807) is 0 Å². The number of nitrogens with zero attached hydrogens (tertiary/aromatic N) is 4. The summed E-state index contributed by atoms with van der Waals surface area (Å²) in [6.07, 6.45) is 4.56. The summed E-state index contributed by atoms with van der Waals surface area (Å²) in [4.78, 5) is 4.84. The van der Waals surface area contributed by atoms with Gasteiger partial charge in [0, 0.05) is 34.5 Å². The van der Waals surface area contributed by atoms with Crippen LogP contribution >= 0.6 is 0 Å². The van der Waals surface area contributed by atoms with E-state index in [1.807, 2.05) is 35.1 Å². The fourth-order valence-corrected chi connectivity index (χ4v) is 6.45. The van der Waals surface area contributed by atoms with Crippen molar-refractivity contribution in [2.75, 3.05) is 0 Å². The number of hydrogen-bond acceptors (Lipinski definition) is 3. The molecule has 7 aromatic rings. The zero-order valence-corrected chi connectivity index (χ0v) is 30.6. The van der Waals surface area contributed by atoms with Crippen molar-refractivity contribution in [3.63, 3.8) is 0 Å². The monoisotopic (exact) mass is 811 g/mol. The first-order valence-corrected chi connectivity index (χ1v) is 16.6. The molecule has 5 nitrogen and oxygen atoms in total. The van der Waals surface area contributed by atoms with Crippen LogP contribution in [0.15, 0.2) is 97.2 Å². The van der Waals surface area contributed by atoms with Crippen LogP contribution in [0.5, 0.6) is 11.5 Å². The Hall–Kier alpha value is -4.47. The molecule has 3 heterocycles. The Balaban J connectivity index is 0.00000401. The van der Waals surface area contributed by atoms with Gasteiger partial charge in [0.2, 0.25) is 0 Å². The van der Waals surface area contributed by atoms with Gasteiger partial charge in [-0.15, -0.1) is 35.7 Å². The van der Waals surface area contributed by atoms with Crippen LogP contribution in [0, 0.1) is 12.1 Å². The van der Waals surface area contributed by atoms with Crippen molar-refractivity contribution in [1.82, 2.24) is 19.3 Å². The summed E-state index contributed by atoms with van der Waals surface area (Å²) in [6.45, 7) is 13.2. The number of benzene rings is 4. The third-order valence-corrected chi connectivity index (χ3v) is 8.95. The number of fused-ring (bicyclic) bond motifs is 3. The van der Waals surface area contributed by atoms with Gasteiger partial charge in [0.05, 0.1) is 5.69 Å². The van der Waals surface area contributed by atoms with E-state index in [0.717, 1.165) is 58.6 Å². The Morgan fingerprint density at radius 3 is 2.27 bits per heavy atom. The molecule has 0 N–H and O–H groups in total. The predicted molar refractivity (Wildman–Crippen MR) is 192 cm³/mol. The summed E-state index contributed by atoms with van der Waals surface area (Å²) in [7, 11) is 0. The summed E-state index contributed by atoms with van der Waals surface area (Å²) in [5.74, 6) is 2.10. The van der Waals surface area contributed by atoms with E-state index in [-0.39, 0.29) is 26.5 Å². The first-order chi connectivity index (χ1) is 22.8. The fourth-order valence-electron chi connectivity index (χ4n) is 6.45. The molecule has 0 atom stereocenters. The molecule has 0 spiro atoms. The van der Waals surface area contributed by atoms with Crippen molar-refractivity contribution in [3.8, 4) is 34.1 Å². The van der Waals surface area contributed by atoms with Crippen LogP contribution < -0.4 is 4.74 Å². The minimum Gasteiger partial charge on any atom is -0.509 e. The Kier molecular flexibility index (Phi) is 9.45. The van der Waals surface area contributed by atoms with Gasteiger partial charge in [-0.05, 0) is 70.6 Å². The molecule has 0 amide bonds. The Bertz CT molecular complexity index is 2220. The van der Waals surface area contributed by atoms with E-state index in [0.29, 0.717) is 11.5 Å². The Morgan fingerprint density at radius 1 is 0.750 bits per heavy atom. The third kappa shape index (κ3) is 6.13. The second kappa shape index (κ2) is 13.6. The van der Waals surface area contributed by atoms with Gasteiger partial charge in [-0.1, -0.05) is 89.5 Å². The quantitative estimate of drug-likeness (QED) is 0.144. The molecule has 0 aliphatic carbocycles. The van der Waals surface area contributed by atoms with Gasteiger partial charge >= 0.3 is 21.1 Å². The van der Waals surface area contributed by atoms with Crippen LogP contribution in [0.4, 0.5) is 0 Å². The number of hydrogen-bond donors (Lipinski definition) is 0. The topological polar surface area (TPSA) is 44.9 Å². The van der Waals surface area contributed by atoms with Crippen LogP contribution in [-0.4, -0.2) is 19.3 Å². The second-order valence-electron chi connectivity index (χ2n) is 13.0. The molecular weight excluding hydrogens is 772 g/mol. The van der Waals surface area contributed by atoms with E-state index in [2.05, 4.69) is 125 Å². The van der Waals surface area contributed by atoms with E-state index >= 15 is 0 Å². The van der Waals surface area contributed by atoms with E-state index in [1.165, 1.54) is 27.6 Å². The standard InChI is InChI=1S/C42H40N4O.Pt/c1-7-28-18-21-38-35(24-28)34-20-19-33(27-39(34)45(38)40-25-30(22-23-43-40)42(4,5)6)47-32-17-13-16-31(26-32)46-37(9-3)41(36(8-2)44-46)29-14-11-10-12-15-29;/h10-25H,7-9H2,1-6H3;/q-2;+2. The maximum Gasteiger partial charge on any atom is 2.00 e. The molecule has 6 heteroatoms. The van der Waals surface area contributed by atoms with Crippen LogP contribution in [0.1, 0.15) is 64.1 Å². The molecule has 0 aliphatic rings. The molecular formula is C42H40N4OPt. The molecule has 3 aromatic heterocycles. The summed E-state index contributed by atoms with van der Waals surface area (Å²) in [6, 6.07) is 38.7. The minimum atomic E-state index is -0.00334. The normalized spacial score (nSPS) is 11.6. The number of aryl methyl sites for hydroxylation is 2. The molecule has 0 radical (unpaired) electrons. The van der Waals surface area contributed by atoms with Crippen LogP contribution in [0.25, 0.3) is 44.4 Å². The molecule has 0 bridgehead atoms. The van der Waals surface area contributed by atoms with Crippen molar-refractivity contribution < 1.29 is 25.8 Å². The van der Waals surface area contributed by atoms with Crippen molar-refractivity contribution in [2.24, 2.45) is 0 Å². The maximum absolute atomic E-state index is 6.49. The summed E-state index contributed by atoms with van der Waals surface area (Å²) in [5, 5.41) is 7.36.